The van der Waals surface area contributed by atoms with Crippen molar-refractivity contribution in [3.63, 3.8) is 0 Å². The van der Waals surface area contributed by atoms with Crippen LogP contribution in [-0.2, 0) is 16.1 Å². The van der Waals surface area contributed by atoms with E-state index >= 15 is 0 Å². The molecule has 1 aromatic heterocycles. The Morgan fingerprint density at radius 1 is 1.12 bits per heavy atom. The quantitative estimate of drug-likeness (QED) is 0.670. The predicted molar refractivity (Wildman–Crippen MR) is 85.7 cm³/mol. The predicted octanol–water partition coefficient (Wildman–Crippen LogP) is 0.864. The summed E-state index contributed by atoms with van der Waals surface area (Å²) in [6.45, 7) is 0.543. The zero-order chi connectivity index (χ0) is 17.6. The Morgan fingerprint density at radius 3 is 2.72 bits per heavy atom. The maximum absolute atomic E-state index is 11.8. The van der Waals surface area contributed by atoms with Gasteiger partial charge in [0.15, 0.2) is 11.5 Å². The molecule has 25 heavy (non-hydrogen) atoms. The number of rotatable bonds is 6. The number of ether oxygens (including phenoxy) is 2. The van der Waals surface area contributed by atoms with Crippen LogP contribution >= 0.6 is 0 Å². The summed E-state index contributed by atoms with van der Waals surface area (Å²) in [5, 5.41) is 14.9. The molecule has 1 unspecified atom stereocenters. The van der Waals surface area contributed by atoms with Gasteiger partial charge in [-0.25, -0.2) is 0 Å². The van der Waals surface area contributed by atoms with Crippen LogP contribution in [0.25, 0.3) is 0 Å². The fourth-order valence-corrected chi connectivity index (χ4v) is 2.35. The highest BCUT2D eigenvalue weighted by atomic mass is 16.7. The highest BCUT2D eigenvalue weighted by molar-refractivity contribution is 6.35. The second-order valence-electron chi connectivity index (χ2n) is 5.49. The molecule has 1 aliphatic heterocycles. The number of nitrogens with one attached hydrogen (secondary N) is 2. The summed E-state index contributed by atoms with van der Waals surface area (Å²) in [6, 6.07) is 6.93. The Labute approximate surface area is 143 Å². The summed E-state index contributed by atoms with van der Waals surface area (Å²) in [5.41, 5.74) is 1.42. The molecule has 2 heterocycles. The molecule has 1 atom stereocenters. The van der Waals surface area contributed by atoms with Crippen molar-refractivity contribution in [2.75, 3.05) is 13.3 Å². The van der Waals surface area contributed by atoms with E-state index in [0.29, 0.717) is 17.1 Å². The molecule has 0 bridgehead atoms. The van der Waals surface area contributed by atoms with Gasteiger partial charge in [-0.3, -0.25) is 9.59 Å². The van der Waals surface area contributed by atoms with E-state index in [0.717, 1.165) is 5.56 Å². The SMILES string of the molecule is O=C(NCCC(O)c1ccoc1)C(=O)NCc1ccc2c(c1)OCO2. The molecule has 1 aromatic carbocycles. The van der Waals surface area contributed by atoms with Gasteiger partial charge in [-0.1, -0.05) is 6.07 Å². The number of carbonyl (C=O) groups excluding carboxylic acids is 2. The van der Waals surface area contributed by atoms with Crippen molar-refractivity contribution in [2.24, 2.45) is 0 Å². The topological polar surface area (TPSA) is 110 Å². The van der Waals surface area contributed by atoms with Crippen LogP contribution in [0, 0.1) is 0 Å². The minimum absolute atomic E-state index is 0.169. The number of furan rings is 1. The van der Waals surface area contributed by atoms with E-state index in [-0.39, 0.29) is 26.3 Å². The minimum Gasteiger partial charge on any atom is -0.472 e. The molecule has 2 aromatic rings. The Bertz CT molecular complexity index is 744. The van der Waals surface area contributed by atoms with Gasteiger partial charge in [0.25, 0.3) is 0 Å². The molecule has 0 saturated carbocycles. The minimum atomic E-state index is -0.754. The Hall–Kier alpha value is -3.00. The molecule has 2 amide bonds. The third-order valence-electron chi connectivity index (χ3n) is 3.73. The monoisotopic (exact) mass is 346 g/mol. The maximum atomic E-state index is 11.8. The van der Waals surface area contributed by atoms with Gasteiger partial charge in [0.1, 0.15) is 0 Å². The molecule has 0 radical (unpaired) electrons. The third kappa shape index (κ3) is 4.30. The zero-order valence-electron chi connectivity index (χ0n) is 13.4. The van der Waals surface area contributed by atoms with Crippen molar-refractivity contribution in [2.45, 2.75) is 19.1 Å². The van der Waals surface area contributed by atoms with Gasteiger partial charge in [-0.05, 0) is 30.2 Å². The Morgan fingerprint density at radius 2 is 1.92 bits per heavy atom. The van der Waals surface area contributed by atoms with E-state index in [1.165, 1.54) is 12.5 Å². The maximum Gasteiger partial charge on any atom is 0.309 e. The lowest BCUT2D eigenvalue weighted by Gasteiger charge is -2.10. The number of benzene rings is 1. The van der Waals surface area contributed by atoms with Crippen LogP contribution in [0.1, 0.15) is 23.7 Å². The van der Waals surface area contributed by atoms with E-state index in [2.05, 4.69) is 10.6 Å². The summed E-state index contributed by atoms with van der Waals surface area (Å²) >= 11 is 0. The van der Waals surface area contributed by atoms with Gasteiger partial charge in [-0.15, -0.1) is 0 Å². The van der Waals surface area contributed by atoms with E-state index in [9.17, 15) is 14.7 Å². The number of aliphatic hydroxyl groups excluding tert-OH is 1. The van der Waals surface area contributed by atoms with Crippen molar-refractivity contribution in [3.8, 4) is 11.5 Å². The standard InChI is InChI=1S/C17H18N2O6/c20-13(12-4-6-23-9-12)3-5-18-16(21)17(22)19-8-11-1-2-14-15(7-11)25-10-24-14/h1-2,4,6-7,9,13,20H,3,5,8,10H2,(H,18,21)(H,19,22). The second-order valence-corrected chi connectivity index (χ2v) is 5.49. The highest BCUT2D eigenvalue weighted by Crippen LogP contribution is 2.32. The fourth-order valence-electron chi connectivity index (χ4n) is 2.35. The number of amides is 2. The van der Waals surface area contributed by atoms with E-state index in [1.807, 2.05) is 0 Å². The van der Waals surface area contributed by atoms with Gasteiger partial charge >= 0.3 is 11.8 Å². The third-order valence-corrected chi connectivity index (χ3v) is 3.73. The zero-order valence-corrected chi connectivity index (χ0v) is 13.4. The first-order chi connectivity index (χ1) is 12.1. The van der Waals surface area contributed by atoms with E-state index in [4.69, 9.17) is 13.9 Å². The molecule has 3 rings (SSSR count). The van der Waals surface area contributed by atoms with Crippen molar-refractivity contribution in [1.82, 2.24) is 10.6 Å². The molecular weight excluding hydrogens is 328 g/mol. The normalized spacial score (nSPS) is 13.3. The summed E-state index contributed by atoms with van der Waals surface area (Å²) in [5.74, 6) is -0.218. The van der Waals surface area contributed by atoms with Crippen LogP contribution in [0.5, 0.6) is 11.5 Å². The number of hydrogen-bond donors (Lipinski definition) is 3. The highest BCUT2D eigenvalue weighted by Gasteiger charge is 2.16. The molecule has 3 N–H and O–H groups in total. The molecule has 0 spiro atoms. The summed E-state index contributed by atoms with van der Waals surface area (Å²) < 4.78 is 15.3. The molecule has 0 fully saturated rings. The summed E-state index contributed by atoms with van der Waals surface area (Å²) in [7, 11) is 0. The average molecular weight is 346 g/mol. The van der Waals surface area contributed by atoms with Crippen molar-refractivity contribution in [3.05, 3.63) is 47.9 Å². The van der Waals surface area contributed by atoms with Crippen LogP contribution in [0.2, 0.25) is 0 Å². The van der Waals surface area contributed by atoms with Crippen LogP contribution in [0.4, 0.5) is 0 Å². The summed E-state index contributed by atoms with van der Waals surface area (Å²) in [6.07, 6.45) is 2.42. The van der Waals surface area contributed by atoms with Gasteiger partial charge in [0, 0.05) is 18.7 Å². The van der Waals surface area contributed by atoms with Crippen molar-refractivity contribution in [1.29, 1.82) is 0 Å². The average Bonchev–Trinajstić information content (AvgIpc) is 3.30. The largest absolute Gasteiger partial charge is 0.472 e. The molecule has 0 aliphatic carbocycles. The summed E-state index contributed by atoms with van der Waals surface area (Å²) in [4.78, 5) is 23.5. The number of aliphatic hydroxyl groups is 1. The Kier molecular flexibility index (Phi) is 5.20. The lowest BCUT2D eigenvalue weighted by atomic mass is 10.1. The smallest absolute Gasteiger partial charge is 0.309 e. The van der Waals surface area contributed by atoms with E-state index < -0.39 is 17.9 Å². The van der Waals surface area contributed by atoms with Gasteiger partial charge < -0.3 is 29.6 Å². The van der Waals surface area contributed by atoms with Crippen LogP contribution in [0.15, 0.2) is 41.2 Å². The number of hydrogen-bond acceptors (Lipinski definition) is 6. The molecule has 0 saturated heterocycles. The van der Waals surface area contributed by atoms with Crippen LogP contribution < -0.4 is 20.1 Å². The van der Waals surface area contributed by atoms with Gasteiger partial charge in [-0.2, -0.15) is 0 Å². The van der Waals surface area contributed by atoms with Gasteiger partial charge in [0.05, 0.1) is 18.6 Å². The number of fused-ring (bicyclic) bond motifs is 1. The fraction of sp³-hybridized carbons (Fsp3) is 0.294. The first-order valence-corrected chi connectivity index (χ1v) is 7.78. The molecule has 1 aliphatic rings. The van der Waals surface area contributed by atoms with Crippen molar-refractivity contribution < 1.29 is 28.6 Å². The van der Waals surface area contributed by atoms with E-state index in [1.54, 1.807) is 24.3 Å². The first kappa shape index (κ1) is 16.8. The van der Waals surface area contributed by atoms with Crippen LogP contribution in [0.3, 0.4) is 0 Å². The van der Waals surface area contributed by atoms with Gasteiger partial charge in [0.2, 0.25) is 6.79 Å². The lowest BCUT2D eigenvalue weighted by molar-refractivity contribution is -0.139. The second kappa shape index (κ2) is 7.71. The molecule has 132 valence electrons. The number of carbonyl (C=O) groups is 2. The lowest BCUT2D eigenvalue weighted by Crippen LogP contribution is -2.40. The first-order valence-electron chi connectivity index (χ1n) is 7.78. The molecule has 8 nitrogen and oxygen atoms in total. The Balaban J connectivity index is 1.39. The van der Waals surface area contributed by atoms with Crippen molar-refractivity contribution >= 4 is 11.8 Å². The van der Waals surface area contributed by atoms with Crippen LogP contribution in [-0.4, -0.2) is 30.3 Å². The molecular formula is C17H18N2O6. The molecule has 8 heteroatoms.